The predicted octanol–water partition coefficient (Wildman–Crippen LogP) is 2.37. The maximum absolute atomic E-state index is 11.0. The molecule has 0 aliphatic carbocycles. The van der Waals surface area contributed by atoms with E-state index in [1.807, 2.05) is 10.8 Å². The first kappa shape index (κ1) is 8.47. The summed E-state index contributed by atoms with van der Waals surface area (Å²) in [6, 6.07) is 0. The SMILES string of the molecule is CCC1CSSCC(=O)C1. The van der Waals surface area contributed by atoms with Gasteiger partial charge in [-0.15, -0.1) is 0 Å². The van der Waals surface area contributed by atoms with Crippen molar-refractivity contribution in [3.8, 4) is 0 Å². The van der Waals surface area contributed by atoms with Crippen molar-refractivity contribution in [2.75, 3.05) is 11.5 Å². The van der Waals surface area contributed by atoms with Gasteiger partial charge in [-0.1, -0.05) is 34.9 Å². The van der Waals surface area contributed by atoms with E-state index in [4.69, 9.17) is 0 Å². The van der Waals surface area contributed by atoms with Gasteiger partial charge in [0.1, 0.15) is 5.78 Å². The highest BCUT2D eigenvalue weighted by Gasteiger charge is 2.16. The third-order valence-corrected chi connectivity index (χ3v) is 4.18. The third kappa shape index (κ3) is 2.54. The second-order valence-corrected chi connectivity index (χ2v) is 5.07. The molecule has 1 aliphatic heterocycles. The molecule has 1 aliphatic rings. The second-order valence-electron chi connectivity index (χ2n) is 2.56. The fraction of sp³-hybridized carbons (Fsp3) is 0.857. The van der Waals surface area contributed by atoms with E-state index in [9.17, 15) is 4.79 Å². The van der Waals surface area contributed by atoms with Crippen molar-refractivity contribution in [1.29, 1.82) is 0 Å². The molecule has 0 radical (unpaired) electrons. The van der Waals surface area contributed by atoms with Crippen molar-refractivity contribution < 1.29 is 4.79 Å². The highest BCUT2D eigenvalue weighted by molar-refractivity contribution is 8.76. The first-order chi connectivity index (χ1) is 4.83. The Morgan fingerprint density at radius 2 is 2.40 bits per heavy atom. The van der Waals surface area contributed by atoms with E-state index in [2.05, 4.69) is 6.92 Å². The van der Waals surface area contributed by atoms with E-state index in [-0.39, 0.29) is 0 Å². The monoisotopic (exact) mass is 176 g/mol. The number of hydrogen-bond acceptors (Lipinski definition) is 3. The first-order valence-corrected chi connectivity index (χ1v) is 6.08. The van der Waals surface area contributed by atoms with Crippen LogP contribution in [0.15, 0.2) is 0 Å². The zero-order chi connectivity index (χ0) is 7.40. The Bertz CT molecular complexity index is 125. The van der Waals surface area contributed by atoms with Crippen molar-refractivity contribution in [2.24, 2.45) is 5.92 Å². The Hall–Kier alpha value is 0.370. The molecule has 1 heterocycles. The van der Waals surface area contributed by atoms with E-state index in [0.29, 0.717) is 11.7 Å². The molecule has 1 saturated heterocycles. The molecule has 0 spiro atoms. The lowest BCUT2D eigenvalue weighted by Gasteiger charge is -2.06. The number of rotatable bonds is 1. The maximum Gasteiger partial charge on any atom is 0.143 e. The molecule has 0 saturated carbocycles. The van der Waals surface area contributed by atoms with Gasteiger partial charge in [0.15, 0.2) is 0 Å². The summed E-state index contributed by atoms with van der Waals surface area (Å²) in [5.74, 6) is 2.96. The van der Waals surface area contributed by atoms with Crippen LogP contribution in [0, 0.1) is 5.92 Å². The van der Waals surface area contributed by atoms with Crippen LogP contribution < -0.4 is 0 Å². The molecule has 1 fully saturated rings. The van der Waals surface area contributed by atoms with Gasteiger partial charge >= 0.3 is 0 Å². The summed E-state index contributed by atoms with van der Waals surface area (Å²) in [6.07, 6.45) is 1.97. The van der Waals surface area contributed by atoms with Gasteiger partial charge in [-0.2, -0.15) is 0 Å². The molecule has 0 bridgehead atoms. The average Bonchev–Trinajstić information content (AvgIpc) is 2.13. The standard InChI is InChI=1S/C7H12OS2/c1-2-6-3-7(8)5-10-9-4-6/h6H,2-5H2,1H3. The van der Waals surface area contributed by atoms with Crippen molar-refractivity contribution in [1.82, 2.24) is 0 Å². The van der Waals surface area contributed by atoms with Gasteiger partial charge in [0, 0.05) is 12.2 Å². The Labute approximate surface area is 69.7 Å². The van der Waals surface area contributed by atoms with Crippen LogP contribution in [-0.4, -0.2) is 17.3 Å². The Morgan fingerprint density at radius 1 is 1.60 bits per heavy atom. The molecular weight excluding hydrogens is 164 g/mol. The first-order valence-electron chi connectivity index (χ1n) is 3.59. The van der Waals surface area contributed by atoms with Crippen LogP contribution in [-0.2, 0) is 4.79 Å². The molecule has 10 heavy (non-hydrogen) atoms. The summed E-state index contributed by atoms with van der Waals surface area (Å²) in [5, 5.41) is 0. The average molecular weight is 176 g/mol. The Balaban J connectivity index is 2.38. The Morgan fingerprint density at radius 3 is 3.10 bits per heavy atom. The summed E-state index contributed by atoms with van der Waals surface area (Å²) in [4.78, 5) is 11.0. The fourth-order valence-electron chi connectivity index (χ4n) is 0.954. The van der Waals surface area contributed by atoms with Gasteiger partial charge < -0.3 is 0 Å². The summed E-state index contributed by atoms with van der Waals surface area (Å²) in [5.41, 5.74) is 0. The lowest BCUT2D eigenvalue weighted by molar-refractivity contribution is -0.117. The van der Waals surface area contributed by atoms with Crippen LogP contribution >= 0.6 is 21.6 Å². The fourth-order valence-corrected chi connectivity index (χ4v) is 3.44. The molecular formula is C7H12OS2. The van der Waals surface area contributed by atoms with E-state index >= 15 is 0 Å². The normalized spacial score (nSPS) is 28.1. The van der Waals surface area contributed by atoms with E-state index in [1.54, 1.807) is 10.8 Å². The number of Topliss-reactive ketones (excluding diaryl/α,β-unsaturated/α-hetero) is 1. The van der Waals surface area contributed by atoms with Crippen molar-refractivity contribution in [3.05, 3.63) is 0 Å². The van der Waals surface area contributed by atoms with E-state index in [0.717, 1.165) is 24.3 Å². The zero-order valence-corrected chi connectivity index (χ0v) is 7.76. The van der Waals surface area contributed by atoms with Gasteiger partial charge in [-0.05, 0) is 5.92 Å². The molecule has 0 amide bonds. The van der Waals surface area contributed by atoms with Crippen LogP contribution in [0.25, 0.3) is 0 Å². The highest BCUT2D eigenvalue weighted by atomic mass is 33.1. The minimum atomic E-state index is 0.432. The lowest BCUT2D eigenvalue weighted by atomic mass is 10.0. The summed E-state index contributed by atoms with van der Waals surface area (Å²) in [6.45, 7) is 2.16. The van der Waals surface area contributed by atoms with Gasteiger partial charge in [-0.3, -0.25) is 4.79 Å². The van der Waals surface area contributed by atoms with Crippen LogP contribution in [0.2, 0.25) is 0 Å². The summed E-state index contributed by atoms with van der Waals surface area (Å²) >= 11 is 0. The summed E-state index contributed by atoms with van der Waals surface area (Å²) < 4.78 is 0. The number of ketones is 1. The molecule has 0 aromatic rings. The quantitative estimate of drug-likeness (QED) is 0.571. The van der Waals surface area contributed by atoms with Gasteiger partial charge in [0.2, 0.25) is 0 Å². The highest BCUT2D eigenvalue weighted by Crippen LogP contribution is 2.30. The van der Waals surface area contributed by atoms with E-state index < -0.39 is 0 Å². The maximum atomic E-state index is 11.0. The third-order valence-electron chi connectivity index (χ3n) is 1.70. The van der Waals surface area contributed by atoms with Crippen LogP contribution in [0.1, 0.15) is 19.8 Å². The predicted molar refractivity (Wildman–Crippen MR) is 48.3 cm³/mol. The molecule has 0 aromatic heterocycles. The van der Waals surface area contributed by atoms with Crippen LogP contribution in [0.3, 0.4) is 0 Å². The number of carbonyl (C=O) groups is 1. The molecule has 1 unspecified atom stereocenters. The Kier molecular flexibility index (Phi) is 3.63. The van der Waals surface area contributed by atoms with Gasteiger partial charge in [-0.25, -0.2) is 0 Å². The van der Waals surface area contributed by atoms with Crippen molar-refractivity contribution in [2.45, 2.75) is 19.8 Å². The minimum Gasteiger partial charge on any atom is -0.299 e. The van der Waals surface area contributed by atoms with E-state index in [1.165, 1.54) is 0 Å². The molecule has 1 rings (SSSR count). The van der Waals surface area contributed by atoms with Gasteiger partial charge in [0.25, 0.3) is 0 Å². The molecule has 0 aromatic carbocycles. The molecule has 1 nitrogen and oxygen atoms in total. The lowest BCUT2D eigenvalue weighted by Crippen LogP contribution is -2.07. The van der Waals surface area contributed by atoms with Crippen molar-refractivity contribution in [3.63, 3.8) is 0 Å². The second kappa shape index (κ2) is 4.29. The van der Waals surface area contributed by atoms with Crippen LogP contribution in [0.5, 0.6) is 0 Å². The molecule has 58 valence electrons. The zero-order valence-electron chi connectivity index (χ0n) is 6.13. The van der Waals surface area contributed by atoms with Crippen LogP contribution in [0.4, 0.5) is 0 Å². The smallest absolute Gasteiger partial charge is 0.143 e. The van der Waals surface area contributed by atoms with Crippen molar-refractivity contribution >= 4 is 27.4 Å². The minimum absolute atomic E-state index is 0.432. The summed E-state index contributed by atoms with van der Waals surface area (Å²) in [7, 11) is 3.56. The molecule has 0 N–H and O–H groups in total. The largest absolute Gasteiger partial charge is 0.299 e. The molecule has 1 atom stereocenters. The van der Waals surface area contributed by atoms with Gasteiger partial charge in [0.05, 0.1) is 5.75 Å². The topological polar surface area (TPSA) is 17.1 Å². The molecule has 3 heteroatoms. The number of carbonyl (C=O) groups excluding carboxylic acids is 1. The number of hydrogen-bond donors (Lipinski definition) is 0.